The molecule has 3 rings (SSSR count). The number of rotatable bonds is 1. The molecule has 2 heterocycles. The second-order valence-electron chi connectivity index (χ2n) is 4.37. The average molecular weight is 294 g/mol. The highest BCUT2D eigenvalue weighted by Crippen LogP contribution is 2.44. The summed E-state index contributed by atoms with van der Waals surface area (Å²) in [6, 6.07) is 7.72. The molecule has 0 fully saturated rings. The van der Waals surface area contributed by atoms with Crippen molar-refractivity contribution in [3.8, 4) is 0 Å². The molecule has 6 heteroatoms. The van der Waals surface area contributed by atoms with Crippen molar-refractivity contribution < 1.29 is 4.79 Å². The molecule has 0 aliphatic carbocycles. The summed E-state index contributed by atoms with van der Waals surface area (Å²) < 4.78 is 0. The molecule has 1 atom stereocenters. The van der Waals surface area contributed by atoms with Crippen molar-refractivity contribution in [1.82, 2.24) is 10.2 Å². The molecule has 0 saturated carbocycles. The van der Waals surface area contributed by atoms with Crippen molar-refractivity contribution in [3.05, 3.63) is 46.1 Å². The summed E-state index contributed by atoms with van der Waals surface area (Å²) in [7, 11) is 0. The first-order chi connectivity index (χ1) is 9.16. The molecular weight excluding hydrogens is 282 g/mol. The van der Waals surface area contributed by atoms with E-state index in [9.17, 15) is 4.79 Å². The van der Waals surface area contributed by atoms with Gasteiger partial charge in [-0.2, -0.15) is 5.10 Å². The molecule has 2 N–H and O–H groups in total. The van der Waals surface area contributed by atoms with Crippen LogP contribution in [0.1, 0.15) is 22.1 Å². The molecule has 0 spiro atoms. The molecule has 1 aromatic carbocycles. The van der Waals surface area contributed by atoms with E-state index in [1.807, 2.05) is 31.2 Å². The fourth-order valence-electron chi connectivity index (χ4n) is 2.20. The lowest BCUT2D eigenvalue weighted by Crippen LogP contribution is -2.12. The molecule has 2 aromatic rings. The van der Waals surface area contributed by atoms with Crippen molar-refractivity contribution in [3.63, 3.8) is 0 Å². The van der Waals surface area contributed by atoms with E-state index in [4.69, 9.17) is 11.6 Å². The zero-order valence-electron chi connectivity index (χ0n) is 10.2. The molecule has 0 saturated heterocycles. The lowest BCUT2D eigenvalue weighted by molar-refractivity contribution is -0.113. The quantitative estimate of drug-likeness (QED) is 0.849. The Balaban J connectivity index is 2.14. The van der Waals surface area contributed by atoms with E-state index in [0.29, 0.717) is 16.6 Å². The molecule has 19 heavy (non-hydrogen) atoms. The van der Waals surface area contributed by atoms with E-state index in [-0.39, 0.29) is 11.2 Å². The van der Waals surface area contributed by atoms with Crippen LogP contribution in [0.2, 0.25) is 5.02 Å². The summed E-state index contributed by atoms with van der Waals surface area (Å²) in [5.41, 5.74) is 2.97. The number of aryl methyl sites for hydroxylation is 1. The number of amides is 1. The van der Waals surface area contributed by atoms with Gasteiger partial charge in [-0.3, -0.25) is 9.89 Å². The van der Waals surface area contributed by atoms with Crippen molar-refractivity contribution in [2.24, 2.45) is 0 Å². The number of hydrogen-bond donors (Lipinski definition) is 2. The number of aromatic amines is 1. The second-order valence-corrected chi connectivity index (χ2v) is 5.87. The SMILES string of the molecule is Cc1[nH]nc2c1C(c1ccccc1Cl)SCC(=O)N2. The number of halogens is 1. The highest BCUT2D eigenvalue weighted by molar-refractivity contribution is 8.00. The van der Waals surface area contributed by atoms with E-state index in [2.05, 4.69) is 15.5 Å². The molecule has 1 unspecified atom stereocenters. The zero-order chi connectivity index (χ0) is 13.4. The lowest BCUT2D eigenvalue weighted by Gasteiger charge is -2.16. The normalized spacial score (nSPS) is 18.6. The second kappa shape index (κ2) is 4.90. The summed E-state index contributed by atoms with van der Waals surface area (Å²) in [5.74, 6) is 0.968. The molecule has 4 nitrogen and oxygen atoms in total. The number of anilines is 1. The van der Waals surface area contributed by atoms with Crippen LogP contribution in [0.4, 0.5) is 5.82 Å². The minimum Gasteiger partial charge on any atom is -0.308 e. The number of aromatic nitrogens is 2. The zero-order valence-corrected chi connectivity index (χ0v) is 11.8. The van der Waals surface area contributed by atoms with Crippen LogP contribution >= 0.6 is 23.4 Å². The summed E-state index contributed by atoms with van der Waals surface area (Å²) in [5, 5.41) is 10.6. The fraction of sp³-hybridized carbons (Fsp3) is 0.231. The van der Waals surface area contributed by atoms with Gasteiger partial charge in [0.25, 0.3) is 0 Å². The van der Waals surface area contributed by atoms with Gasteiger partial charge in [-0.1, -0.05) is 29.8 Å². The van der Waals surface area contributed by atoms with Crippen LogP contribution in [0.25, 0.3) is 0 Å². The fourth-order valence-corrected chi connectivity index (χ4v) is 3.74. The Hall–Kier alpha value is -1.46. The maximum Gasteiger partial charge on any atom is 0.235 e. The Labute approximate surface area is 119 Å². The van der Waals surface area contributed by atoms with Crippen molar-refractivity contribution in [2.75, 3.05) is 11.1 Å². The maximum atomic E-state index is 11.7. The number of hydrogen-bond acceptors (Lipinski definition) is 3. The van der Waals surface area contributed by atoms with Gasteiger partial charge in [0.15, 0.2) is 5.82 Å². The number of nitrogens with zero attached hydrogens (tertiary/aromatic N) is 1. The summed E-state index contributed by atoms with van der Waals surface area (Å²) in [6.45, 7) is 1.95. The van der Waals surface area contributed by atoms with E-state index in [1.165, 1.54) is 0 Å². The van der Waals surface area contributed by atoms with E-state index >= 15 is 0 Å². The standard InChI is InChI=1S/C13H12ClN3OS/c1-7-11-12(8-4-2-3-5-9(8)14)19-6-10(18)15-13(11)17-16-7/h2-5,12H,6H2,1H3,(H2,15,16,17,18). The highest BCUT2D eigenvalue weighted by Gasteiger charge is 2.29. The Morgan fingerprint density at radius 3 is 3.00 bits per heavy atom. The Morgan fingerprint density at radius 2 is 2.21 bits per heavy atom. The first-order valence-electron chi connectivity index (χ1n) is 5.87. The predicted molar refractivity (Wildman–Crippen MR) is 77.7 cm³/mol. The number of benzene rings is 1. The number of carbonyl (C=O) groups excluding carboxylic acids is 1. The summed E-state index contributed by atoms with van der Waals surface area (Å²) >= 11 is 7.85. The average Bonchev–Trinajstić information content (AvgIpc) is 2.65. The third-order valence-corrected chi connectivity index (χ3v) is 4.68. The largest absolute Gasteiger partial charge is 0.308 e. The molecule has 98 valence electrons. The van der Waals surface area contributed by atoms with Crippen LogP contribution in [-0.4, -0.2) is 21.9 Å². The van der Waals surface area contributed by atoms with Crippen LogP contribution in [0.3, 0.4) is 0 Å². The highest BCUT2D eigenvalue weighted by atomic mass is 35.5. The van der Waals surface area contributed by atoms with Gasteiger partial charge in [0.05, 0.1) is 11.0 Å². The molecular formula is C13H12ClN3OS. The first kappa shape index (κ1) is 12.6. The minimum atomic E-state index is -0.0349. The lowest BCUT2D eigenvalue weighted by atomic mass is 10.0. The molecule has 0 bridgehead atoms. The van der Waals surface area contributed by atoms with Gasteiger partial charge in [0, 0.05) is 16.3 Å². The van der Waals surface area contributed by atoms with E-state index in [1.54, 1.807) is 11.8 Å². The third kappa shape index (κ3) is 2.24. The van der Waals surface area contributed by atoms with Crippen molar-refractivity contribution >= 4 is 35.1 Å². The Bertz CT molecular complexity index is 641. The minimum absolute atomic E-state index is 0.0152. The van der Waals surface area contributed by atoms with Crippen LogP contribution in [0.15, 0.2) is 24.3 Å². The molecule has 0 radical (unpaired) electrons. The Kier molecular flexibility index (Phi) is 3.24. The van der Waals surface area contributed by atoms with Crippen molar-refractivity contribution in [1.29, 1.82) is 0 Å². The molecule has 1 aromatic heterocycles. The number of carbonyl (C=O) groups is 1. The number of nitrogens with one attached hydrogen (secondary N) is 2. The van der Waals surface area contributed by atoms with E-state index < -0.39 is 0 Å². The van der Waals surface area contributed by atoms with Gasteiger partial charge in [0.1, 0.15) is 0 Å². The van der Waals surface area contributed by atoms with Gasteiger partial charge in [-0.25, -0.2) is 0 Å². The topological polar surface area (TPSA) is 57.8 Å². The van der Waals surface area contributed by atoms with Gasteiger partial charge < -0.3 is 5.32 Å². The van der Waals surface area contributed by atoms with Gasteiger partial charge in [-0.15, -0.1) is 11.8 Å². The Morgan fingerprint density at radius 1 is 1.42 bits per heavy atom. The van der Waals surface area contributed by atoms with Crippen LogP contribution in [-0.2, 0) is 4.79 Å². The van der Waals surface area contributed by atoms with E-state index in [0.717, 1.165) is 16.8 Å². The predicted octanol–water partition coefficient (Wildman–Crippen LogP) is 3.15. The summed E-state index contributed by atoms with van der Waals surface area (Å²) in [4.78, 5) is 11.7. The number of H-pyrrole nitrogens is 1. The van der Waals surface area contributed by atoms with Crippen molar-refractivity contribution in [2.45, 2.75) is 12.2 Å². The van der Waals surface area contributed by atoms with Gasteiger partial charge >= 0.3 is 0 Å². The van der Waals surface area contributed by atoms with Crippen LogP contribution in [0, 0.1) is 6.92 Å². The summed E-state index contributed by atoms with van der Waals surface area (Å²) in [6.07, 6.45) is 0. The third-order valence-electron chi connectivity index (χ3n) is 3.08. The molecule has 1 aliphatic heterocycles. The molecule has 1 amide bonds. The monoisotopic (exact) mass is 293 g/mol. The van der Waals surface area contributed by atoms with Crippen LogP contribution in [0.5, 0.6) is 0 Å². The maximum absolute atomic E-state index is 11.7. The smallest absolute Gasteiger partial charge is 0.235 e. The van der Waals surface area contributed by atoms with Gasteiger partial charge in [-0.05, 0) is 18.6 Å². The number of thioether (sulfide) groups is 1. The van der Waals surface area contributed by atoms with Gasteiger partial charge in [0.2, 0.25) is 5.91 Å². The van der Waals surface area contributed by atoms with Crippen LogP contribution < -0.4 is 5.32 Å². The number of fused-ring (bicyclic) bond motifs is 1. The first-order valence-corrected chi connectivity index (χ1v) is 7.30. The molecule has 1 aliphatic rings.